The van der Waals surface area contributed by atoms with E-state index >= 15 is 0 Å². The van der Waals surface area contributed by atoms with E-state index in [2.05, 4.69) is 4.98 Å². The Labute approximate surface area is 156 Å². The van der Waals surface area contributed by atoms with E-state index < -0.39 is 10.0 Å². The highest BCUT2D eigenvalue weighted by atomic mass is 32.2. The summed E-state index contributed by atoms with van der Waals surface area (Å²) in [5, 5.41) is 0.756. The number of aromatic nitrogens is 1. The molecule has 0 spiro atoms. The van der Waals surface area contributed by atoms with Crippen LogP contribution in [0.25, 0.3) is 10.2 Å². The van der Waals surface area contributed by atoms with E-state index in [4.69, 9.17) is 9.47 Å². The number of hydrogen-bond donors (Lipinski definition) is 0. The maximum absolute atomic E-state index is 12.9. The Kier molecular flexibility index (Phi) is 4.56. The monoisotopic (exact) mass is 390 g/mol. The molecule has 136 valence electrons. The number of nitrogens with zero attached hydrogens (tertiary/aromatic N) is 2. The summed E-state index contributed by atoms with van der Waals surface area (Å²) in [6.45, 7) is 1.30. The fourth-order valence-electron chi connectivity index (χ4n) is 2.75. The molecule has 0 bridgehead atoms. The van der Waals surface area contributed by atoms with Crippen LogP contribution < -0.4 is 9.47 Å². The molecule has 0 saturated carbocycles. The molecule has 0 saturated heterocycles. The molecule has 1 aromatic heterocycles. The Hall–Kier alpha value is -2.16. The summed E-state index contributed by atoms with van der Waals surface area (Å²) in [7, 11) is -2.10. The maximum Gasteiger partial charge on any atom is 0.243 e. The molecular weight excluding hydrogens is 372 g/mol. The first-order valence-corrected chi connectivity index (χ1v) is 10.5. The van der Waals surface area contributed by atoms with Crippen molar-refractivity contribution in [2.45, 2.75) is 17.9 Å². The fourth-order valence-corrected chi connectivity index (χ4v) is 5.00. The smallest absolute Gasteiger partial charge is 0.243 e. The van der Waals surface area contributed by atoms with E-state index in [1.807, 2.05) is 24.3 Å². The number of fused-ring (bicyclic) bond motifs is 2. The molecule has 3 aromatic rings. The van der Waals surface area contributed by atoms with Crippen molar-refractivity contribution >= 4 is 31.6 Å². The molecule has 8 heteroatoms. The maximum atomic E-state index is 12.9. The van der Waals surface area contributed by atoms with E-state index in [9.17, 15) is 8.42 Å². The molecule has 0 radical (unpaired) electrons. The van der Waals surface area contributed by atoms with Crippen molar-refractivity contribution in [3.05, 3.63) is 47.5 Å². The number of thiazole rings is 1. The minimum Gasteiger partial charge on any atom is -0.490 e. The second kappa shape index (κ2) is 6.86. The fraction of sp³-hybridized carbons (Fsp3) is 0.278. The van der Waals surface area contributed by atoms with Crippen LogP contribution in [0.4, 0.5) is 0 Å². The molecular formula is C18H18N2O4S2. The van der Waals surface area contributed by atoms with Crippen molar-refractivity contribution in [3.63, 3.8) is 0 Å². The zero-order chi connectivity index (χ0) is 18.1. The van der Waals surface area contributed by atoms with Crippen LogP contribution in [0.3, 0.4) is 0 Å². The normalized spacial score (nSPS) is 14.5. The van der Waals surface area contributed by atoms with Crippen molar-refractivity contribution in [1.29, 1.82) is 0 Å². The number of ether oxygens (including phenoxy) is 2. The third-order valence-corrected chi connectivity index (χ3v) is 6.94. The van der Waals surface area contributed by atoms with Gasteiger partial charge in [0.2, 0.25) is 10.0 Å². The first kappa shape index (κ1) is 17.3. The summed E-state index contributed by atoms with van der Waals surface area (Å²) < 4.78 is 39.4. The van der Waals surface area contributed by atoms with Crippen LogP contribution in [-0.4, -0.2) is 38.0 Å². The van der Waals surface area contributed by atoms with Crippen LogP contribution in [0.15, 0.2) is 47.4 Å². The summed E-state index contributed by atoms with van der Waals surface area (Å²) in [6, 6.07) is 12.5. The summed E-state index contributed by atoms with van der Waals surface area (Å²) in [5.41, 5.74) is 0.883. The van der Waals surface area contributed by atoms with Crippen LogP contribution in [0.2, 0.25) is 0 Å². The first-order valence-electron chi connectivity index (χ1n) is 8.24. The lowest BCUT2D eigenvalue weighted by Gasteiger charge is -2.17. The molecule has 26 heavy (non-hydrogen) atoms. The highest BCUT2D eigenvalue weighted by Crippen LogP contribution is 2.33. The van der Waals surface area contributed by atoms with Crippen LogP contribution in [-0.2, 0) is 16.6 Å². The highest BCUT2D eigenvalue weighted by molar-refractivity contribution is 7.89. The van der Waals surface area contributed by atoms with E-state index in [1.165, 1.54) is 21.7 Å². The van der Waals surface area contributed by atoms with Gasteiger partial charge in [-0.2, -0.15) is 4.31 Å². The summed E-state index contributed by atoms with van der Waals surface area (Å²) >= 11 is 1.50. The second-order valence-electron chi connectivity index (χ2n) is 6.00. The van der Waals surface area contributed by atoms with Gasteiger partial charge in [0.15, 0.2) is 11.5 Å². The van der Waals surface area contributed by atoms with Gasteiger partial charge in [-0.3, -0.25) is 0 Å². The lowest BCUT2D eigenvalue weighted by molar-refractivity contribution is 0.297. The predicted molar refractivity (Wildman–Crippen MR) is 100 cm³/mol. The molecule has 2 heterocycles. The summed E-state index contributed by atoms with van der Waals surface area (Å²) in [6.07, 6.45) is 0.772. The van der Waals surface area contributed by atoms with Gasteiger partial charge in [0.05, 0.1) is 34.9 Å². The molecule has 1 aliphatic rings. The molecule has 0 aliphatic carbocycles. The number of hydrogen-bond acceptors (Lipinski definition) is 6. The van der Waals surface area contributed by atoms with Crippen molar-refractivity contribution in [2.24, 2.45) is 0 Å². The van der Waals surface area contributed by atoms with Gasteiger partial charge in [-0.05, 0) is 24.3 Å². The third kappa shape index (κ3) is 3.27. The Morgan fingerprint density at radius 3 is 2.69 bits per heavy atom. The largest absolute Gasteiger partial charge is 0.490 e. The topological polar surface area (TPSA) is 68.7 Å². The minimum absolute atomic E-state index is 0.186. The van der Waals surface area contributed by atoms with Gasteiger partial charge < -0.3 is 9.47 Å². The molecule has 6 nitrogen and oxygen atoms in total. The van der Waals surface area contributed by atoms with Gasteiger partial charge in [-0.1, -0.05) is 12.1 Å². The highest BCUT2D eigenvalue weighted by Gasteiger charge is 2.24. The van der Waals surface area contributed by atoms with Crippen molar-refractivity contribution < 1.29 is 17.9 Å². The SMILES string of the molecule is CN(Cc1nc2ccccc2s1)S(=O)(=O)c1ccc2c(c1)OCCCO2. The molecule has 0 fully saturated rings. The van der Waals surface area contributed by atoms with E-state index in [0.717, 1.165) is 21.6 Å². The standard InChI is InChI=1S/C18H18N2O4S2/c1-20(12-18-19-14-5-2-3-6-17(14)25-18)26(21,22)13-7-8-15-16(11-13)24-10-4-9-23-15/h2-3,5-8,11H,4,9-10,12H2,1H3. The van der Waals surface area contributed by atoms with E-state index in [1.54, 1.807) is 19.2 Å². The van der Waals surface area contributed by atoms with Crippen LogP contribution in [0.1, 0.15) is 11.4 Å². The van der Waals surface area contributed by atoms with Crippen LogP contribution in [0.5, 0.6) is 11.5 Å². The number of sulfonamides is 1. The van der Waals surface area contributed by atoms with Crippen molar-refractivity contribution in [1.82, 2.24) is 9.29 Å². The molecule has 0 N–H and O–H groups in total. The van der Waals surface area contributed by atoms with Crippen LogP contribution >= 0.6 is 11.3 Å². The Balaban J connectivity index is 1.60. The molecule has 1 aliphatic heterocycles. The number of benzene rings is 2. The van der Waals surface area contributed by atoms with E-state index in [0.29, 0.717) is 24.7 Å². The number of para-hydroxylation sites is 1. The number of rotatable bonds is 4. The summed E-state index contributed by atoms with van der Waals surface area (Å²) in [5.74, 6) is 1.05. The summed E-state index contributed by atoms with van der Waals surface area (Å²) in [4.78, 5) is 4.70. The van der Waals surface area contributed by atoms with Gasteiger partial charge in [0, 0.05) is 19.5 Å². The zero-order valence-electron chi connectivity index (χ0n) is 14.2. The predicted octanol–water partition coefficient (Wildman–Crippen LogP) is 3.28. The van der Waals surface area contributed by atoms with Gasteiger partial charge in [0.25, 0.3) is 0 Å². The minimum atomic E-state index is -3.66. The quantitative estimate of drug-likeness (QED) is 0.684. The van der Waals surface area contributed by atoms with Crippen molar-refractivity contribution in [3.8, 4) is 11.5 Å². The third-order valence-electron chi connectivity index (χ3n) is 4.12. The van der Waals surface area contributed by atoms with E-state index in [-0.39, 0.29) is 11.4 Å². The Bertz CT molecular complexity index is 1010. The molecule has 0 atom stereocenters. The average molecular weight is 390 g/mol. The van der Waals surface area contributed by atoms with Gasteiger partial charge in [-0.15, -0.1) is 11.3 Å². The lowest BCUT2D eigenvalue weighted by Crippen LogP contribution is -2.26. The van der Waals surface area contributed by atoms with Gasteiger partial charge >= 0.3 is 0 Å². The Morgan fingerprint density at radius 1 is 1.12 bits per heavy atom. The first-order chi connectivity index (χ1) is 12.5. The average Bonchev–Trinajstić information content (AvgIpc) is 2.89. The molecule has 0 unspecified atom stereocenters. The molecule has 0 amide bonds. The van der Waals surface area contributed by atoms with Gasteiger partial charge in [0.1, 0.15) is 5.01 Å². The molecule has 2 aromatic carbocycles. The van der Waals surface area contributed by atoms with Crippen LogP contribution in [0, 0.1) is 0 Å². The molecule has 4 rings (SSSR count). The lowest BCUT2D eigenvalue weighted by atomic mass is 10.3. The Morgan fingerprint density at radius 2 is 1.88 bits per heavy atom. The second-order valence-corrected chi connectivity index (χ2v) is 9.16. The van der Waals surface area contributed by atoms with Gasteiger partial charge in [-0.25, -0.2) is 13.4 Å². The zero-order valence-corrected chi connectivity index (χ0v) is 15.8. The van der Waals surface area contributed by atoms with Crippen molar-refractivity contribution in [2.75, 3.05) is 20.3 Å².